The van der Waals surface area contributed by atoms with Gasteiger partial charge in [-0.2, -0.15) is 0 Å². The van der Waals surface area contributed by atoms with Gasteiger partial charge < -0.3 is 4.74 Å². The monoisotopic (exact) mass is 248 g/mol. The van der Waals surface area contributed by atoms with E-state index in [-0.39, 0.29) is 0 Å². The zero-order valence-corrected chi connectivity index (χ0v) is 10.7. The number of carbonyl (C=O) groups excluding carboxylic acids is 1. The molecule has 0 N–H and O–H groups in total. The summed E-state index contributed by atoms with van der Waals surface area (Å²) in [5.74, 6) is -0.393. The van der Waals surface area contributed by atoms with Crippen molar-refractivity contribution in [1.29, 1.82) is 0 Å². The van der Waals surface area contributed by atoms with E-state index in [0.29, 0.717) is 5.01 Å². The summed E-state index contributed by atoms with van der Waals surface area (Å²) < 4.78 is 4.67. The fourth-order valence-electron chi connectivity index (χ4n) is 1.55. The Morgan fingerprint density at radius 1 is 1.41 bits per heavy atom. The molecular formula is C12H12N2O2S. The maximum absolute atomic E-state index is 11.4. The quantitative estimate of drug-likeness (QED) is 0.766. The number of aromatic nitrogens is 2. The van der Waals surface area contributed by atoms with Crippen LogP contribution >= 0.6 is 11.3 Å². The van der Waals surface area contributed by atoms with Crippen LogP contribution in [0.5, 0.6) is 0 Å². The maximum atomic E-state index is 11.4. The van der Waals surface area contributed by atoms with Crippen LogP contribution in [-0.2, 0) is 4.74 Å². The van der Waals surface area contributed by atoms with E-state index in [1.807, 2.05) is 19.9 Å². The van der Waals surface area contributed by atoms with Crippen LogP contribution < -0.4 is 0 Å². The number of carbonyl (C=O) groups is 1. The predicted octanol–water partition coefficient (Wildman–Crippen LogP) is 2.61. The fraction of sp³-hybridized carbons (Fsp3) is 0.250. The lowest BCUT2D eigenvalue weighted by Gasteiger charge is -2.01. The Bertz CT molecular complexity index is 563. The van der Waals surface area contributed by atoms with Crippen molar-refractivity contribution >= 4 is 17.3 Å². The summed E-state index contributed by atoms with van der Waals surface area (Å²) in [6.45, 7) is 3.87. The molecule has 2 heterocycles. The molecule has 0 radical (unpaired) electrons. The molecule has 0 amide bonds. The van der Waals surface area contributed by atoms with E-state index in [1.54, 1.807) is 12.4 Å². The lowest BCUT2D eigenvalue weighted by Crippen LogP contribution is -1.99. The van der Waals surface area contributed by atoms with Crippen molar-refractivity contribution < 1.29 is 9.53 Å². The SMILES string of the molecule is COC(=O)c1nc(C)c(-c2ccncc2C)s1. The van der Waals surface area contributed by atoms with Gasteiger partial charge in [0.05, 0.1) is 17.7 Å². The lowest BCUT2D eigenvalue weighted by molar-refractivity contribution is 0.0600. The number of methoxy groups -OCH3 is 1. The van der Waals surface area contributed by atoms with Gasteiger partial charge in [-0.1, -0.05) is 0 Å². The van der Waals surface area contributed by atoms with Gasteiger partial charge in [-0.25, -0.2) is 9.78 Å². The highest BCUT2D eigenvalue weighted by Crippen LogP contribution is 2.31. The smallest absolute Gasteiger partial charge is 0.367 e. The van der Waals surface area contributed by atoms with E-state index in [4.69, 9.17) is 0 Å². The summed E-state index contributed by atoms with van der Waals surface area (Å²) in [5, 5.41) is 0.385. The first kappa shape index (κ1) is 11.7. The first-order chi connectivity index (χ1) is 8.13. The third-order valence-electron chi connectivity index (χ3n) is 2.42. The van der Waals surface area contributed by atoms with Crippen LogP contribution in [0.25, 0.3) is 10.4 Å². The molecule has 0 aliphatic carbocycles. The Morgan fingerprint density at radius 2 is 2.18 bits per heavy atom. The van der Waals surface area contributed by atoms with Crippen LogP contribution in [0.1, 0.15) is 21.1 Å². The van der Waals surface area contributed by atoms with Gasteiger partial charge in [0.15, 0.2) is 0 Å². The lowest BCUT2D eigenvalue weighted by atomic mass is 10.1. The molecule has 0 bridgehead atoms. The molecule has 0 aliphatic rings. The summed E-state index contributed by atoms with van der Waals surface area (Å²) in [7, 11) is 1.36. The number of pyridine rings is 1. The van der Waals surface area contributed by atoms with Crippen LogP contribution in [0.15, 0.2) is 18.5 Å². The minimum atomic E-state index is -0.393. The molecule has 0 fully saturated rings. The number of esters is 1. The third kappa shape index (κ3) is 2.19. The molecule has 2 aromatic heterocycles. The predicted molar refractivity (Wildman–Crippen MR) is 66.2 cm³/mol. The van der Waals surface area contributed by atoms with Gasteiger partial charge in [0.2, 0.25) is 5.01 Å². The van der Waals surface area contributed by atoms with Crippen LogP contribution in [0.4, 0.5) is 0 Å². The normalized spacial score (nSPS) is 10.3. The molecule has 17 heavy (non-hydrogen) atoms. The second-order valence-corrected chi connectivity index (χ2v) is 4.61. The largest absolute Gasteiger partial charge is 0.464 e. The van der Waals surface area contributed by atoms with Crippen molar-refractivity contribution in [3.05, 3.63) is 34.7 Å². The van der Waals surface area contributed by atoms with Gasteiger partial charge in [0.25, 0.3) is 0 Å². The Labute approximate surface area is 103 Å². The fourth-order valence-corrected chi connectivity index (χ4v) is 2.62. The van der Waals surface area contributed by atoms with Gasteiger partial charge in [-0.05, 0) is 31.0 Å². The first-order valence-electron chi connectivity index (χ1n) is 5.10. The molecule has 2 rings (SSSR count). The first-order valence-corrected chi connectivity index (χ1v) is 5.92. The summed E-state index contributed by atoms with van der Waals surface area (Å²) >= 11 is 1.35. The van der Waals surface area contributed by atoms with E-state index in [9.17, 15) is 4.79 Å². The Hall–Kier alpha value is -1.75. The Morgan fingerprint density at radius 3 is 2.82 bits per heavy atom. The second kappa shape index (κ2) is 4.63. The van der Waals surface area contributed by atoms with Crippen molar-refractivity contribution in [1.82, 2.24) is 9.97 Å². The van der Waals surface area contributed by atoms with E-state index in [0.717, 1.165) is 21.7 Å². The van der Waals surface area contributed by atoms with Crippen molar-refractivity contribution in [3.63, 3.8) is 0 Å². The van der Waals surface area contributed by atoms with E-state index in [2.05, 4.69) is 14.7 Å². The number of hydrogen-bond acceptors (Lipinski definition) is 5. The van der Waals surface area contributed by atoms with Crippen molar-refractivity contribution in [2.24, 2.45) is 0 Å². The molecule has 0 aromatic carbocycles. The zero-order chi connectivity index (χ0) is 12.4. The van der Waals surface area contributed by atoms with Crippen LogP contribution in [0, 0.1) is 13.8 Å². The Kier molecular flexibility index (Phi) is 3.19. The molecule has 0 aliphatic heterocycles. The molecule has 0 atom stereocenters. The highest BCUT2D eigenvalue weighted by molar-refractivity contribution is 7.17. The highest BCUT2D eigenvalue weighted by atomic mass is 32.1. The molecule has 0 unspecified atom stereocenters. The van der Waals surface area contributed by atoms with Crippen molar-refractivity contribution in [2.45, 2.75) is 13.8 Å². The van der Waals surface area contributed by atoms with Gasteiger partial charge >= 0.3 is 5.97 Å². The average Bonchev–Trinajstić information content (AvgIpc) is 2.71. The highest BCUT2D eigenvalue weighted by Gasteiger charge is 2.16. The molecule has 0 saturated heterocycles. The summed E-state index contributed by atoms with van der Waals surface area (Å²) in [6, 6.07) is 1.93. The number of ether oxygens (including phenoxy) is 1. The second-order valence-electron chi connectivity index (χ2n) is 3.62. The number of aryl methyl sites for hydroxylation is 2. The van der Waals surface area contributed by atoms with Crippen LogP contribution in [-0.4, -0.2) is 23.0 Å². The topological polar surface area (TPSA) is 52.1 Å². The molecule has 0 saturated carbocycles. The standard InChI is InChI=1S/C12H12N2O2S/c1-7-6-13-5-4-9(7)10-8(2)14-11(17-10)12(15)16-3/h4-6H,1-3H3. The molecular weight excluding hydrogens is 236 g/mol. The number of hydrogen-bond donors (Lipinski definition) is 0. The van der Waals surface area contributed by atoms with Gasteiger partial charge in [-0.15, -0.1) is 11.3 Å². The van der Waals surface area contributed by atoms with Crippen LogP contribution in [0.2, 0.25) is 0 Å². The molecule has 5 heteroatoms. The van der Waals surface area contributed by atoms with Gasteiger partial charge in [-0.3, -0.25) is 4.98 Å². The zero-order valence-electron chi connectivity index (χ0n) is 9.85. The minimum Gasteiger partial charge on any atom is -0.464 e. The Balaban J connectivity index is 2.50. The van der Waals surface area contributed by atoms with E-state index in [1.165, 1.54) is 18.4 Å². The van der Waals surface area contributed by atoms with Gasteiger partial charge in [0, 0.05) is 12.4 Å². The van der Waals surface area contributed by atoms with E-state index < -0.39 is 5.97 Å². The molecule has 88 valence electrons. The third-order valence-corrected chi connectivity index (χ3v) is 3.59. The van der Waals surface area contributed by atoms with Crippen molar-refractivity contribution in [2.75, 3.05) is 7.11 Å². The van der Waals surface area contributed by atoms with Crippen LogP contribution in [0.3, 0.4) is 0 Å². The van der Waals surface area contributed by atoms with Crippen molar-refractivity contribution in [3.8, 4) is 10.4 Å². The number of thiazole rings is 1. The summed E-state index contributed by atoms with van der Waals surface area (Å²) in [5.41, 5.74) is 2.96. The van der Waals surface area contributed by atoms with Gasteiger partial charge in [0.1, 0.15) is 0 Å². The number of rotatable bonds is 2. The minimum absolute atomic E-state index is 0.385. The maximum Gasteiger partial charge on any atom is 0.367 e. The van der Waals surface area contributed by atoms with E-state index >= 15 is 0 Å². The number of nitrogens with zero attached hydrogens (tertiary/aromatic N) is 2. The summed E-state index contributed by atoms with van der Waals surface area (Å²) in [4.78, 5) is 20.7. The average molecular weight is 248 g/mol. The molecule has 0 spiro atoms. The summed E-state index contributed by atoms with van der Waals surface area (Å²) in [6.07, 6.45) is 3.53. The molecule has 2 aromatic rings. The molecule has 4 nitrogen and oxygen atoms in total.